The Morgan fingerprint density at radius 3 is 2.95 bits per heavy atom. The zero-order valence-electron chi connectivity index (χ0n) is 11.5. The maximum atomic E-state index is 6.01. The van der Waals surface area contributed by atoms with Crippen LogP contribution in [0.1, 0.15) is 36.8 Å². The van der Waals surface area contributed by atoms with E-state index in [2.05, 4.69) is 15.1 Å². The molecule has 2 aromatic rings. The van der Waals surface area contributed by atoms with E-state index in [1.807, 2.05) is 19.1 Å². The molecule has 6 heteroatoms. The van der Waals surface area contributed by atoms with Crippen LogP contribution in [0.3, 0.4) is 0 Å². The molecule has 1 saturated carbocycles. The lowest BCUT2D eigenvalue weighted by Gasteiger charge is -2.26. The summed E-state index contributed by atoms with van der Waals surface area (Å²) < 4.78 is 10.9. The van der Waals surface area contributed by atoms with Gasteiger partial charge in [0.1, 0.15) is 0 Å². The van der Waals surface area contributed by atoms with E-state index in [0.29, 0.717) is 24.4 Å². The molecule has 0 aromatic carbocycles. The van der Waals surface area contributed by atoms with Crippen LogP contribution in [-0.2, 0) is 4.74 Å². The fourth-order valence-corrected chi connectivity index (χ4v) is 1.95. The Kier molecular flexibility index (Phi) is 3.75. The molecule has 0 spiro atoms. The number of hydrogen-bond acceptors (Lipinski definition) is 6. The first-order valence-corrected chi connectivity index (χ1v) is 6.86. The maximum Gasteiger partial charge on any atom is 0.259 e. The van der Waals surface area contributed by atoms with Crippen molar-refractivity contribution in [2.75, 3.05) is 6.61 Å². The summed E-state index contributed by atoms with van der Waals surface area (Å²) in [5, 5.41) is 3.92. The molecule has 3 rings (SSSR count). The second-order valence-electron chi connectivity index (χ2n) is 5.14. The Labute approximate surface area is 117 Å². The van der Waals surface area contributed by atoms with E-state index < -0.39 is 0 Å². The molecule has 1 aliphatic carbocycles. The Balaban J connectivity index is 1.64. The normalized spacial score (nSPS) is 16.9. The molecule has 0 radical (unpaired) electrons. The average molecular weight is 274 g/mol. The smallest absolute Gasteiger partial charge is 0.259 e. The SMILES string of the molecule is Cc1ccc(-c2nc(C(N)COC3CCC3)no2)cn1. The maximum absolute atomic E-state index is 6.01. The third-order valence-electron chi connectivity index (χ3n) is 3.50. The van der Waals surface area contributed by atoms with Gasteiger partial charge in [0.2, 0.25) is 0 Å². The summed E-state index contributed by atoms with van der Waals surface area (Å²) in [5.74, 6) is 0.909. The Bertz CT molecular complexity index is 563. The second kappa shape index (κ2) is 5.68. The van der Waals surface area contributed by atoms with Gasteiger partial charge in [0.15, 0.2) is 5.82 Å². The number of nitrogens with zero attached hydrogens (tertiary/aromatic N) is 3. The van der Waals surface area contributed by atoms with Crippen molar-refractivity contribution in [2.45, 2.75) is 38.3 Å². The number of pyridine rings is 1. The Morgan fingerprint density at radius 2 is 2.30 bits per heavy atom. The van der Waals surface area contributed by atoms with Crippen LogP contribution in [0.4, 0.5) is 0 Å². The molecule has 1 aliphatic rings. The van der Waals surface area contributed by atoms with Crippen LogP contribution in [0, 0.1) is 6.92 Å². The summed E-state index contributed by atoms with van der Waals surface area (Å²) >= 11 is 0. The Hall–Kier alpha value is -1.79. The van der Waals surface area contributed by atoms with Crippen molar-refractivity contribution < 1.29 is 9.26 Å². The molecule has 2 N–H and O–H groups in total. The number of aromatic nitrogens is 3. The second-order valence-corrected chi connectivity index (χ2v) is 5.14. The number of nitrogens with two attached hydrogens (primary N) is 1. The molecule has 2 heterocycles. The molecule has 6 nitrogen and oxygen atoms in total. The van der Waals surface area contributed by atoms with Gasteiger partial charge in [0, 0.05) is 11.9 Å². The van der Waals surface area contributed by atoms with Gasteiger partial charge in [0.05, 0.1) is 24.3 Å². The van der Waals surface area contributed by atoms with Crippen LogP contribution >= 0.6 is 0 Å². The van der Waals surface area contributed by atoms with Crippen LogP contribution < -0.4 is 5.73 Å². The number of aryl methyl sites for hydroxylation is 1. The minimum absolute atomic E-state index is 0.355. The molecule has 1 unspecified atom stereocenters. The van der Waals surface area contributed by atoms with Crippen molar-refractivity contribution in [1.82, 2.24) is 15.1 Å². The summed E-state index contributed by atoms with van der Waals surface area (Å²) in [7, 11) is 0. The molecule has 106 valence electrons. The van der Waals surface area contributed by atoms with Gasteiger partial charge in [0.25, 0.3) is 5.89 Å². The summed E-state index contributed by atoms with van der Waals surface area (Å²) in [6.07, 6.45) is 5.56. The minimum atomic E-state index is -0.355. The lowest BCUT2D eigenvalue weighted by molar-refractivity contribution is -0.00549. The molecule has 0 aliphatic heterocycles. The monoisotopic (exact) mass is 274 g/mol. The first kappa shape index (κ1) is 13.2. The van der Waals surface area contributed by atoms with Crippen molar-refractivity contribution in [1.29, 1.82) is 0 Å². The van der Waals surface area contributed by atoms with Gasteiger partial charge in [-0.05, 0) is 38.3 Å². The lowest BCUT2D eigenvalue weighted by atomic mass is 9.96. The zero-order chi connectivity index (χ0) is 13.9. The summed E-state index contributed by atoms with van der Waals surface area (Å²) in [5.41, 5.74) is 7.75. The first-order chi connectivity index (χ1) is 9.72. The van der Waals surface area contributed by atoms with Crippen molar-refractivity contribution >= 4 is 0 Å². The number of hydrogen-bond donors (Lipinski definition) is 1. The highest BCUT2D eigenvalue weighted by Crippen LogP contribution is 2.23. The average Bonchev–Trinajstić information content (AvgIpc) is 2.87. The standard InChI is InChI=1S/C14H18N4O2/c1-9-5-6-10(7-16-9)14-17-13(18-20-14)12(15)8-19-11-3-2-4-11/h5-7,11-12H,2-4,8,15H2,1H3. The minimum Gasteiger partial charge on any atom is -0.376 e. The summed E-state index contributed by atoms with van der Waals surface area (Å²) in [4.78, 5) is 8.51. The van der Waals surface area contributed by atoms with Crippen LogP contribution in [0.5, 0.6) is 0 Å². The molecule has 1 fully saturated rings. The quantitative estimate of drug-likeness (QED) is 0.897. The topological polar surface area (TPSA) is 87.1 Å². The molecule has 0 bridgehead atoms. The molecule has 20 heavy (non-hydrogen) atoms. The van der Waals surface area contributed by atoms with E-state index in [9.17, 15) is 0 Å². The van der Waals surface area contributed by atoms with Crippen LogP contribution in [0.2, 0.25) is 0 Å². The summed E-state index contributed by atoms with van der Waals surface area (Å²) in [6.45, 7) is 2.35. The van der Waals surface area contributed by atoms with Gasteiger partial charge < -0.3 is 15.0 Å². The predicted molar refractivity (Wildman–Crippen MR) is 72.8 cm³/mol. The van der Waals surface area contributed by atoms with E-state index in [1.54, 1.807) is 6.20 Å². The predicted octanol–water partition coefficient (Wildman–Crippen LogP) is 2.01. The first-order valence-electron chi connectivity index (χ1n) is 6.86. The highest BCUT2D eigenvalue weighted by atomic mass is 16.5. The molecule has 0 amide bonds. The highest BCUT2D eigenvalue weighted by molar-refractivity contribution is 5.50. The summed E-state index contributed by atoms with van der Waals surface area (Å²) in [6, 6.07) is 3.45. The van der Waals surface area contributed by atoms with Crippen molar-refractivity contribution in [3.63, 3.8) is 0 Å². The zero-order valence-corrected chi connectivity index (χ0v) is 11.5. The van der Waals surface area contributed by atoms with Crippen LogP contribution in [0.15, 0.2) is 22.9 Å². The van der Waals surface area contributed by atoms with E-state index >= 15 is 0 Å². The highest BCUT2D eigenvalue weighted by Gasteiger charge is 2.21. The third-order valence-corrected chi connectivity index (χ3v) is 3.50. The van der Waals surface area contributed by atoms with Gasteiger partial charge >= 0.3 is 0 Å². The van der Waals surface area contributed by atoms with E-state index in [0.717, 1.165) is 24.1 Å². The van der Waals surface area contributed by atoms with Crippen LogP contribution in [0.25, 0.3) is 11.5 Å². The van der Waals surface area contributed by atoms with Crippen molar-refractivity contribution in [3.8, 4) is 11.5 Å². The molecular weight excluding hydrogens is 256 g/mol. The lowest BCUT2D eigenvalue weighted by Crippen LogP contribution is -2.27. The Morgan fingerprint density at radius 1 is 1.45 bits per heavy atom. The van der Waals surface area contributed by atoms with Crippen LogP contribution in [-0.4, -0.2) is 27.8 Å². The molecular formula is C14H18N4O2. The van der Waals surface area contributed by atoms with Gasteiger partial charge in [-0.1, -0.05) is 5.16 Å². The van der Waals surface area contributed by atoms with E-state index in [-0.39, 0.29) is 6.04 Å². The van der Waals surface area contributed by atoms with Gasteiger partial charge in [-0.25, -0.2) is 0 Å². The van der Waals surface area contributed by atoms with Gasteiger partial charge in [-0.3, -0.25) is 4.98 Å². The number of ether oxygens (including phenoxy) is 1. The van der Waals surface area contributed by atoms with Crippen molar-refractivity contribution in [2.24, 2.45) is 5.73 Å². The molecule has 0 saturated heterocycles. The molecule has 2 aromatic heterocycles. The van der Waals surface area contributed by atoms with Crippen molar-refractivity contribution in [3.05, 3.63) is 29.8 Å². The van der Waals surface area contributed by atoms with Gasteiger partial charge in [-0.2, -0.15) is 4.98 Å². The fraction of sp³-hybridized carbons (Fsp3) is 0.500. The van der Waals surface area contributed by atoms with Gasteiger partial charge in [-0.15, -0.1) is 0 Å². The fourth-order valence-electron chi connectivity index (χ4n) is 1.95. The number of rotatable bonds is 5. The molecule has 1 atom stereocenters. The van der Waals surface area contributed by atoms with E-state index in [1.165, 1.54) is 6.42 Å². The largest absolute Gasteiger partial charge is 0.376 e. The third kappa shape index (κ3) is 2.86. The van der Waals surface area contributed by atoms with E-state index in [4.69, 9.17) is 15.0 Å².